The summed E-state index contributed by atoms with van der Waals surface area (Å²) < 4.78 is 80.4. The van der Waals surface area contributed by atoms with E-state index in [1.54, 1.807) is 24.0 Å². The number of halogens is 4. The van der Waals surface area contributed by atoms with Gasteiger partial charge in [-0.05, 0) is 24.6 Å². The Morgan fingerprint density at radius 2 is 1.92 bits per heavy atom. The molecule has 0 aliphatic heterocycles. The van der Waals surface area contributed by atoms with Crippen molar-refractivity contribution in [2.75, 3.05) is 16.9 Å². The summed E-state index contributed by atoms with van der Waals surface area (Å²) in [4.78, 5) is 22.3. The fourth-order valence-corrected chi connectivity index (χ4v) is 4.87. The number of sulfone groups is 1. The van der Waals surface area contributed by atoms with Crippen molar-refractivity contribution in [3.05, 3.63) is 42.0 Å². The fourth-order valence-electron chi connectivity index (χ4n) is 4.01. The summed E-state index contributed by atoms with van der Waals surface area (Å²) in [6, 6.07) is 5.82. The standard InChI is InChI=1S/C23H21F4N7O3S/c1-10-12(9-28-34(10)2)11-4-5-14(16(6-11)38(3,36)37)29-15-7-17(31-22(35)13-8-23(13,26)27)30-20-18(15)32-21(33-20)19(24)25/h4-7,9,13,19H,8H2,1-3H3,(H3,29,30,31,32,33,35). The number of amides is 1. The average Bonchev–Trinajstić information content (AvgIpc) is 3.12. The number of aromatic amines is 1. The Balaban J connectivity index is 1.58. The predicted molar refractivity (Wildman–Crippen MR) is 130 cm³/mol. The van der Waals surface area contributed by atoms with E-state index < -0.39 is 46.3 Å². The van der Waals surface area contributed by atoms with Crippen molar-refractivity contribution in [3.63, 3.8) is 0 Å². The van der Waals surface area contributed by atoms with E-state index in [2.05, 4.69) is 30.7 Å². The number of H-pyrrole nitrogens is 1. The van der Waals surface area contributed by atoms with Crippen LogP contribution >= 0.6 is 0 Å². The fraction of sp³-hybridized carbons (Fsp3) is 0.304. The zero-order chi connectivity index (χ0) is 27.6. The summed E-state index contributed by atoms with van der Waals surface area (Å²) in [6.07, 6.45) is -0.967. The van der Waals surface area contributed by atoms with Crippen molar-refractivity contribution in [2.45, 2.75) is 30.6 Å². The van der Waals surface area contributed by atoms with Crippen LogP contribution < -0.4 is 10.6 Å². The quantitative estimate of drug-likeness (QED) is 0.291. The highest BCUT2D eigenvalue weighted by molar-refractivity contribution is 7.90. The third-order valence-electron chi connectivity index (χ3n) is 6.27. The molecule has 1 aliphatic rings. The van der Waals surface area contributed by atoms with Crippen LogP contribution in [0.25, 0.3) is 22.3 Å². The molecule has 1 fully saturated rings. The summed E-state index contributed by atoms with van der Waals surface area (Å²) in [5, 5.41) is 9.32. The van der Waals surface area contributed by atoms with Crippen LogP contribution in [0.2, 0.25) is 0 Å². The Labute approximate surface area is 213 Å². The first-order valence-corrected chi connectivity index (χ1v) is 13.1. The molecule has 3 heterocycles. The topological polar surface area (TPSA) is 135 Å². The zero-order valence-electron chi connectivity index (χ0n) is 20.2. The molecule has 0 saturated heterocycles. The van der Waals surface area contributed by atoms with Gasteiger partial charge in [-0.15, -0.1) is 0 Å². The van der Waals surface area contributed by atoms with E-state index in [0.29, 0.717) is 11.1 Å². The Hall–Kier alpha value is -4.01. The monoisotopic (exact) mass is 551 g/mol. The van der Waals surface area contributed by atoms with Gasteiger partial charge in [0.1, 0.15) is 17.3 Å². The van der Waals surface area contributed by atoms with Crippen LogP contribution in [0.4, 0.5) is 34.8 Å². The smallest absolute Gasteiger partial charge is 0.295 e. The molecule has 1 amide bonds. The van der Waals surface area contributed by atoms with E-state index in [9.17, 15) is 30.8 Å². The number of fused-ring (bicyclic) bond motifs is 1. The molecule has 0 radical (unpaired) electrons. The summed E-state index contributed by atoms with van der Waals surface area (Å²) in [7, 11) is -2.05. The number of rotatable bonds is 7. The Kier molecular flexibility index (Phi) is 5.93. The van der Waals surface area contributed by atoms with Crippen LogP contribution in [0.1, 0.15) is 24.4 Å². The Morgan fingerprint density at radius 1 is 1.21 bits per heavy atom. The molecule has 1 unspecified atom stereocenters. The summed E-state index contributed by atoms with van der Waals surface area (Å²) in [5.74, 6) is -6.53. The lowest BCUT2D eigenvalue weighted by Gasteiger charge is -2.14. The number of nitrogens with one attached hydrogen (secondary N) is 3. The van der Waals surface area contributed by atoms with Gasteiger partial charge in [0.05, 0.1) is 22.5 Å². The van der Waals surface area contributed by atoms with Gasteiger partial charge in [-0.2, -0.15) is 5.10 Å². The first-order chi connectivity index (χ1) is 17.7. The van der Waals surface area contributed by atoms with Crippen LogP contribution in [0.5, 0.6) is 0 Å². The third kappa shape index (κ3) is 4.68. The molecule has 0 bridgehead atoms. The van der Waals surface area contributed by atoms with Gasteiger partial charge < -0.3 is 15.6 Å². The maximum atomic E-state index is 13.4. The zero-order valence-corrected chi connectivity index (χ0v) is 21.0. The van der Waals surface area contributed by atoms with Crippen molar-refractivity contribution in [1.29, 1.82) is 0 Å². The van der Waals surface area contributed by atoms with Crippen molar-refractivity contribution in [3.8, 4) is 11.1 Å². The van der Waals surface area contributed by atoms with E-state index in [-0.39, 0.29) is 33.3 Å². The number of pyridine rings is 1. The van der Waals surface area contributed by atoms with Gasteiger partial charge in [-0.1, -0.05) is 6.07 Å². The lowest BCUT2D eigenvalue weighted by atomic mass is 10.1. The molecule has 38 heavy (non-hydrogen) atoms. The number of carbonyl (C=O) groups is 1. The number of aromatic nitrogens is 5. The minimum atomic E-state index is -3.80. The maximum absolute atomic E-state index is 13.4. The number of hydrogen-bond acceptors (Lipinski definition) is 7. The number of nitrogens with zero attached hydrogens (tertiary/aromatic N) is 4. The van der Waals surface area contributed by atoms with E-state index in [0.717, 1.165) is 11.9 Å². The first-order valence-electron chi connectivity index (χ1n) is 11.2. The van der Waals surface area contributed by atoms with Crippen molar-refractivity contribution in [2.24, 2.45) is 13.0 Å². The van der Waals surface area contributed by atoms with Gasteiger partial charge in [0.25, 0.3) is 12.3 Å². The predicted octanol–water partition coefficient (Wildman–Crippen LogP) is 4.35. The highest BCUT2D eigenvalue weighted by Gasteiger charge is 2.61. The van der Waals surface area contributed by atoms with Gasteiger partial charge >= 0.3 is 0 Å². The van der Waals surface area contributed by atoms with Gasteiger partial charge in [0.15, 0.2) is 21.3 Å². The highest BCUT2D eigenvalue weighted by Crippen LogP contribution is 2.49. The van der Waals surface area contributed by atoms with Gasteiger partial charge in [-0.3, -0.25) is 9.48 Å². The number of imidazole rings is 1. The number of anilines is 3. The minimum absolute atomic E-state index is 0.0196. The van der Waals surface area contributed by atoms with Crippen LogP contribution in [0.15, 0.2) is 35.4 Å². The van der Waals surface area contributed by atoms with Gasteiger partial charge in [-0.25, -0.2) is 35.9 Å². The van der Waals surface area contributed by atoms with E-state index in [4.69, 9.17) is 0 Å². The summed E-state index contributed by atoms with van der Waals surface area (Å²) in [5.41, 5.74) is 1.99. The molecule has 1 atom stereocenters. The van der Waals surface area contributed by atoms with Crippen LogP contribution in [-0.2, 0) is 21.7 Å². The van der Waals surface area contributed by atoms with Crippen molar-refractivity contribution < 1.29 is 30.8 Å². The lowest BCUT2D eigenvalue weighted by molar-refractivity contribution is -0.119. The maximum Gasteiger partial charge on any atom is 0.295 e. The number of hydrogen-bond donors (Lipinski definition) is 3. The second-order valence-corrected chi connectivity index (χ2v) is 11.0. The van der Waals surface area contributed by atoms with Crippen molar-refractivity contribution >= 4 is 44.1 Å². The lowest BCUT2D eigenvalue weighted by Crippen LogP contribution is -2.18. The van der Waals surface area contributed by atoms with Crippen LogP contribution in [-0.4, -0.2) is 51.2 Å². The Morgan fingerprint density at radius 3 is 2.50 bits per heavy atom. The van der Waals surface area contributed by atoms with Crippen LogP contribution in [0, 0.1) is 12.8 Å². The third-order valence-corrected chi connectivity index (χ3v) is 7.41. The second-order valence-electron chi connectivity index (χ2n) is 9.06. The number of carbonyl (C=O) groups excluding carboxylic acids is 1. The van der Waals surface area contributed by atoms with Crippen molar-refractivity contribution in [1.82, 2.24) is 24.7 Å². The molecule has 1 aliphatic carbocycles. The van der Waals surface area contributed by atoms with Gasteiger partial charge in [0, 0.05) is 37.0 Å². The first kappa shape index (κ1) is 25.6. The normalized spacial score (nSPS) is 16.7. The number of benzene rings is 1. The molecule has 3 N–H and O–H groups in total. The largest absolute Gasteiger partial charge is 0.352 e. The molecule has 10 nitrogen and oxygen atoms in total. The molecule has 1 aromatic carbocycles. The van der Waals surface area contributed by atoms with Crippen LogP contribution in [0.3, 0.4) is 0 Å². The molecular formula is C23H21F4N7O3S. The minimum Gasteiger partial charge on any atom is -0.352 e. The van der Waals surface area contributed by atoms with E-state index in [1.807, 2.05) is 6.92 Å². The SMILES string of the molecule is Cc1c(-c2ccc(Nc3cc(NC(=O)C4CC4(F)F)nc4[nH]c(C(F)F)nc34)c(S(C)(=O)=O)c2)cnn1C. The molecular weight excluding hydrogens is 530 g/mol. The number of aryl methyl sites for hydroxylation is 1. The molecule has 15 heteroatoms. The molecule has 1 saturated carbocycles. The molecule has 200 valence electrons. The second kappa shape index (κ2) is 8.79. The summed E-state index contributed by atoms with van der Waals surface area (Å²) >= 11 is 0. The average molecular weight is 552 g/mol. The summed E-state index contributed by atoms with van der Waals surface area (Å²) in [6.45, 7) is 1.83. The molecule has 0 spiro atoms. The number of alkyl halides is 4. The van der Waals surface area contributed by atoms with E-state index >= 15 is 0 Å². The highest BCUT2D eigenvalue weighted by atomic mass is 32.2. The van der Waals surface area contributed by atoms with E-state index in [1.165, 1.54) is 18.2 Å². The Bertz CT molecular complexity index is 1700. The molecule has 5 rings (SSSR count). The van der Waals surface area contributed by atoms with Gasteiger partial charge in [0.2, 0.25) is 5.91 Å². The molecule has 4 aromatic rings. The molecule has 3 aromatic heterocycles.